The number of aliphatic carboxylic acids is 2. The lowest BCUT2D eigenvalue weighted by Gasteiger charge is -2.26. The minimum absolute atomic E-state index is 0.0551. The van der Waals surface area contributed by atoms with E-state index in [4.69, 9.17) is 15.9 Å². The Balaban J connectivity index is 2.93. The maximum absolute atomic E-state index is 12.7. The van der Waals surface area contributed by atoms with E-state index in [9.17, 15) is 34.2 Å². The van der Waals surface area contributed by atoms with Gasteiger partial charge in [-0.05, 0) is 20.3 Å². The summed E-state index contributed by atoms with van der Waals surface area (Å²) in [6.07, 6.45) is -1.02. The Morgan fingerprint density at radius 1 is 0.971 bits per heavy atom. The van der Waals surface area contributed by atoms with Crippen molar-refractivity contribution in [3.63, 3.8) is 0 Å². The topological polar surface area (TPSA) is 257 Å². The minimum atomic E-state index is -1.72. The molecule has 1 rings (SSSR count). The zero-order valence-corrected chi connectivity index (χ0v) is 18.6. The van der Waals surface area contributed by atoms with Gasteiger partial charge in [0, 0.05) is 24.7 Å². The van der Waals surface area contributed by atoms with Crippen LogP contribution in [0.3, 0.4) is 0 Å². The number of aromatic nitrogens is 2. The molecule has 0 radical (unpaired) electrons. The van der Waals surface area contributed by atoms with E-state index in [-0.39, 0.29) is 6.42 Å². The second kappa shape index (κ2) is 13.2. The summed E-state index contributed by atoms with van der Waals surface area (Å²) in [5.41, 5.74) is 6.37. The third-order valence-electron chi connectivity index (χ3n) is 4.72. The first-order valence-electron chi connectivity index (χ1n) is 10.3. The predicted molar refractivity (Wildman–Crippen MR) is 114 cm³/mol. The molecule has 0 aliphatic heterocycles. The van der Waals surface area contributed by atoms with E-state index in [1.165, 1.54) is 19.4 Å². The second-order valence-corrected chi connectivity index (χ2v) is 7.67. The molecule has 34 heavy (non-hydrogen) atoms. The van der Waals surface area contributed by atoms with Crippen molar-refractivity contribution in [2.45, 2.75) is 69.5 Å². The number of aromatic amines is 1. The first-order valence-corrected chi connectivity index (χ1v) is 10.3. The van der Waals surface area contributed by atoms with Crippen molar-refractivity contribution in [3.8, 4) is 0 Å². The fourth-order valence-corrected chi connectivity index (χ4v) is 2.83. The van der Waals surface area contributed by atoms with Gasteiger partial charge in [0.1, 0.15) is 12.1 Å². The van der Waals surface area contributed by atoms with Gasteiger partial charge < -0.3 is 47.1 Å². The molecular weight excluding hydrogens is 456 g/mol. The molecule has 3 amide bonds. The van der Waals surface area contributed by atoms with Gasteiger partial charge in [-0.25, -0.2) is 9.78 Å². The van der Waals surface area contributed by atoms with Crippen molar-refractivity contribution < 1.29 is 44.4 Å². The SMILES string of the molecule is CC(O)C(NC(=O)C(CCC(=O)O)NC(=O)C(NC(=O)C(N)Cc1cnc[nH]1)C(C)O)C(=O)O. The maximum atomic E-state index is 12.7. The van der Waals surface area contributed by atoms with Crippen LogP contribution in [0.15, 0.2) is 12.5 Å². The summed E-state index contributed by atoms with van der Waals surface area (Å²) >= 11 is 0. The fourth-order valence-electron chi connectivity index (χ4n) is 2.83. The number of hydrogen-bond acceptors (Lipinski definition) is 9. The molecule has 0 aliphatic rings. The normalized spacial score (nSPS) is 16.3. The summed E-state index contributed by atoms with van der Waals surface area (Å²) in [4.78, 5) is 66.4. The number of hydrogen-bond donors (Lipinski definition) is 9. The number of aliphatic hydroxyl groups is 2. The lowest BCUT2D eigenvalue weighted by Crippen LogP contribution is -2.60. The highest BCUT2D eigenvalue weighted by atomic mass is 16.4. The third kappa shape index (κ3) is 9.13. The largest absolute Gasteiger partial charge is 0.481 e. The van der Waals surface area contributed by atoms with Crippen LogP contribution in [0.1, 0.15) is 32.4 Å². The molecule has 15 nitrogen and oxygen atoms in total. The molecule has 0 saturated heterocycles. The molecule has 0 aromatic carbocycles. The summed E-state index contributed by atoms with van der Waals surface area (Å²) in [6.45, 7) is 2.32. The first kappa shape index (κ1) is 28.5. The van der Waals surface area contributed by atoms with Gasteiger partial charge >= 0.3 is 11.9 Å². The first-order chi connectivity index (χ1) is 15.8. The average Bonchev–Trinajstić information content (AvgIpc) is 3.24. The van der Waals surface area contributed by atoms with Crippen molar-refractivity contribution in [1.29, 1.82) is 0 Å². The van der Waals surface area contributed by atoms with Crippen molar-refractivity contribution in [2.75, 3.05) is 0 Å². The predicted octanol–water partition coefficient (Wildman–Crippen LogP) is -3.56. The minimum Gasteiger partial charge on any atom is -0.481 e. The van der Waals surface area contributed by atoms with Crippen LogP contribution in [-0.2, 0) is 30.4 Å². The zero-order valence-electron chi connectivity index (χ0n) is 18.6. The van der Waals surface area contributed by atoms with E-state index in [1.54, 1.807) is 0 Å². The third-order valence-corrected chi connectivity index (χ3v) is 4.72. The van der Waals surface area contributed by atoms with Gasteiger partial charge in [-0.3, -0.25) is 19.2 Å². The number of nitrogens with one attached hydrogen (secondary N) is 4. The summed E-state index contributed by atoms with van der Waals surface area (Å²) < 4.78 is 0. The maximum Gasteiger partial charge on any atom is 0.328 e. The number of carbonyl (C=O) groups excluding carboxylic acids is 3. The number of carbonyl (C=O) groups is 5. The van der Waals surface area contributed by atoms with Crippen LogP contribution < -0.4 is 21.7 Å². The second-order valence-electron chi connectivity index (χ2n) is 7.67. The Kier molecular flexibility index (Phi) is 11.1. The van der Waals surface area contributed by atoms with E-state index < -0.39 is 78.9 Å². The number of H-pyrrole nitrogens is 1. The molecule has 0 aliphatic carbocycles. The Labute approximate surface area is 194 Å². The van der Waals surface area contributed by atoms with Crippen molar-refractivity contribution in [1.82, 2.24) is 25.9 Å². The molecule has 190 valence electrons. The van der Waals surface area contributed by atoms with Gasteiger partial charge in [-0.15, -0.1) is 0 Å². The van der Waals surface area contributed by atoms with E-state index >= 15 is 0 Å². The lowest BCUT2D eigenvalue weighted by molar-refractivity contribution is -0.145. The smallest absolute Gasteiger partial charge is 0.328 e. The standard InChI is InChI=1S/C19H30N6O9/c1-8(26)14(24-16(30)11(20)5-10-6-21-7-22-10)18(32)23-12(3-4-13(28)29)17(31)25-15(9(2)27)19(33)34/h6-9,11-12,14-15,26-27H,3-5,20H2,1-2H3,(H,21,22)(H,23,32)(H,24,30)(H,25,31)(H,28,29)(H,33,34). The number of amides is 3. The highest BCUT2D eigenvalue weighted by Gasteiger charge is 2.33. The van der Waals surface area contributed by atoms with Gasteiger partial charge in [0.2, 0.25) is 17.7 Å². The number of imidazole rings is 1. The monoisotopic (exact) mass is 486 g/mol. The van der Waals surface area contributed by atoms with Crippen LogP contribution in [0.2, 0.25) is 0 Å². The van der Waals surface area contributed by atoms with Gasteiger partial charge in [0.25, 0.3) is 0 Å². The van der Waals surface area contributed by atoms with Crippen LogP contribution >= 0.6 is 0 Å². The van der Waals surface area contributed by atoms with Crippen molar-refractivity contribution in [2.24, 2.45) is 5.73 Å². The van der Waals surface area contributed by atoms with Gasteiger partial charge in [0.15, 0.2) is 6.04 Å². The van der Waals surface area contributed by atoms with Crippen LogP contribution in [0.5, 0.6) is 0 Å². The van der Waals surface area contributed by atoms with E-state index in [2.05, 4.69) is 20.6 Å². The zero-order chi connectivity index (χ0) is 26.0. The molecule has 15 heteroatoms. The highest BCUT2D eigenvalue weighted by Crippen LogP contribution is 2.04. The Morgan fingerprint density at radius 3 is 2.03 bits per heavy atom. The molecule has 1 heterocycles. The van der Waals surface area contributed by atoms with Gasteiger partial charge in [0.05, 0.1) is 24.6 Å². The molecule has 0 saturated carbocycles. The molecule has 0 spiro atoms. The van der Waals surface area contributed by atoms with Gasteiger partial charge in [-0.1, -0.05) is 0 Å². The average molecular weight is 486 g/mol. The number of aliphatic hydroxyl groups excluding tert-OH is 2. The Bertz CT molecular complexity index is 858. The van der Waals surface area contributed by atoms with Crippen LogP contribution in [0.4, 0.5) is 0 Å². The molecule has 6 unspecified atom stereocenters. The number of carboxylic acids is 2. The van der Waals surface area contributed by atoms with Crippen molar-refractivity contribution >= 4 is 29.7 Å². The van der Waals surface area contributed by atoms with E-state index in [0.29, 0.717) is 5.69 Å². The molecule has 0 fully saturated rings. The van der Waals surface area contributed by atoms with Crippen molar-refractivity contribution in [3.05, 3.63) is 18.2 Å². The number of nitrogens with zero attached hydrogens (tertiary/aromatic N) is 1. The molecule has 0 bridgehead atoms. The lowest BCUT2D eigenvalue weighted by atomic mass is 10.1. The van der Waals surface area contributed by atoms with Crippen LogP contribution in [0, 0.1) is 0 Å². The Morgan fingerprint density at radius 2 is 1.56 bits per heavy atom. The number of nitrogens with two attached hydrogens (primary N) is 1. The molecular formula is C19H30N6O9. The number of carboxylic acid groups (broad SMARTS) is 2. The summed E-state index contributed by atoms with van der Waals surface area (Å²) in [7, 11) is 0. The number of rotatable bonds is 14. The summed E-state index contributed by atoms with van der Waals surface area (Å²) in [6, 6.07) is -5.93. The molecule has 1 aromatic rings. The van der Waals surface area contributed by atoms with Crippen LogP contribution in [-0.4, -0.2) is 96.4 Å². The van der Waals surface area contributed by atoms with Gasteiger partial charge in [-0.2, -0.15) is 0 Å². The van der Waals surface area contributed by atoms with E-state index in [1.807, 2.05) is 5.32 Å². The summed E-state index contributed by atoms with van der Waals surface area (Å²) in [5.74, 6) is -5.74. The van der Waals surface area contributed by atoms with Crippen LogP contribution in [0.25, 0.3) is 0 Å². The molecule has 10 N–H and O–H groups in total. The molecule has 6 atom stereocenters. The molecule has 1 aromatic heterocycles. The summed E-state index contributed by atoms with van der Waals surface area (Å²) in [5, 5.41) is 44.1. The highest BCUT2D eigenvalue weighted by molar-refractivity contribution is 5.94. The Hall–Kier alpha value is -3.56. The fraction of sp³-hybridized carbons (Fsp3) is 0.579. The quantitative estimate of drug-likeness (QED) is 0.124. The van der Waals surface area contributed by atoms with E-state index in [0.717, 1.165) is 6.92 Å².